The van der Waals surface area contributed by atoms with Gasteiger partial charge in [0.25, 0.3) is 5.82 Å². The zero-order valence-corrected chi connectivity index (χ0v) is 29.3. The maximum atomic E-state index is 7.99. The summed E-state index contributed by atoms with van der Waals surface area (Å²) in [5.74, 6) is 1.43. The van der Waals surface area contributed by atoms with Crippen LogP contribution < -0.4 is 4.57 Å². The van der Waals surface area contributed by atoms with Crippen LogP contribution in [0.5, 0.6) is 0 Å². The van der Waals surface area contributed by atoms with E-state index in [2.05, 4.69) is 135 Å². The van der Waals surface area contributed by atoms with Gasteiger partial charge in [-0.1, -0.05) is 88.4 Å². The van der Waals surface area contributed by atoms with Gasteiger partial charge in [0.15, 0.2) is 16.6 Å². The van der Waals surface area contributed by atoms with Crippen LogP contribution in [0.25, 0.3) is 72.3 Å². The lowest BCUT2D eigenvalue weighted by Gasteiger charge is -2.21. The van der Waals surface area contributed by atoms with Crippen molar-refractivity contribution in [2.45, 2.75) is 60.2 Å². The minimum Gasteiger partial charge on any atom is -0.455 e. The molecule has 0 saturated heterocycles. The standard InChI is InChI=1S/C46H44N3O/c1-27(2)38-24-35(32-14-10-9-11-15-32)25-39(28(3)4)44(38)49-41-17-13-12-16-40(41)48(8)46(49)43-29(5)18-20-37-36-21-19-33(26-42(36)50-45(37)43)34-22-30(6)47-31(7)23-34/h9-28H,1-8H3/q+1/i6D3,7D3. The third kappa shape index (κ3) is 5.13. The number of aromatic nitrogens is 3. The number of pyridine rings is 1. The number of para-hydroxylation sites is 2. The number of aryl methyl sites for hydroxylation is 4. The summed E-state index contributed by atoms with van der Waals surface area (Å²) in [6.45, 7) is 6.00. The Morgan fingerprint density at radius 3 is 2.00 bits per heavy atom. The molecule has 0 atom stereocenters. The van der Waals surface area contributed by atoms with E-state index >= 15 is 0 Å². The topological polar surface area (TPSA) is 34.8 Å². The molecule has 0 saturated carbocycles. The lowest BCUT2D eigenvalue weighted by molar-refractivity contribution is -0.633. The average molecular weight is 661 g/mol. The van der Waals surface area contributed by atoms with E-state index in [1.165, 1.54) is 40.1 Å². The highest BCUT2D eigenvalue weighted by atomic mass is 16.3. The molecular weight excluding hydrogens is 611 g/mol. The van der Waals surface area contributed by atoms with Crippen molar-refractivity contribution >= 4 is 33.0 Å². The van der Waals surface area contributed by atoms with Gasteiger partial charge in [-0.15, -0.1) is 0 Å². The highest BCUT2D eigenvalue weighted by Gasteiger charge is 2.34. The number of imidazole rings is 1. The van der Waals surface area contributed by atoms with E-state index in [1.807, 2.05) is 18.2 Å². The van der Waals surface area contributed by atoms with Crippen LogP contribution >= 0.6 is 0 Å². The fourth-order valence-corrected chi connectivity index (χ4v) is 7.53. The molecule has 8 aromatic rings. The second kappa shape index (κ2) is 12.1. The molecule has 8 rings (SSSR count). The van der Waals surface area contributed by atoms with Crippen LogP contribution in [0.1, 0.15) is 75.8 Å². The first-order valence-electron chi connectivity index (χ1n) is 20.3. The second-order valence-corrected chi connectivity index (χ2v) is 14.0. The molecule has 0 radical (unpaired) electrons. The fourth-order valence-electron chi connectivity index (χ4n) is 7.53. The van der Waals surface area contributed by atoms with Gasteiger partial charge in [0.05, 0.1) is 7.05 Å². The van der Waals surface area contributed by atoms with Gasteiger partial charge < -0.3 is 4.42 Å². The van der Waals surface area contributed by atoms with Gasteiger partial charge in [-0.25, -0.2) is 4.57 Å². The van der Waals surface area contributed by atoms with E-state index in [-0.39, 0.29) is 23.2 Å². The Morgan fingerprint density at radius 2 is 1.32 bits per heavy atom. The van der Waals surface area contributed by atoms with Crippen molar-refractivity contribution in [1.82, 2.24) is 9.55 Å². The smallest absolute Gasteiger partial charge is 0.299 e. The largest absolute Gasteiger partial charge is 0.455 e. The van der Waals surface area contributed by atoms with Crippen molar-refractivity contribution in [1.29, 1.82) is 0 Å². The number of hydrogen-bond donors (Lipinski definition) is 0. The predicted molar refractivity (Wildman–Crippen MR) is 208 cm³/mol. The normalized spacial score (nSPS) is 14.2. The zero-order valence-electron chi connectivity index (χ0n) is 35.3. The highest BCUT2D eigenvalue weighted by molar-refractivity contribution is 6.10. The van der Waals surface area contributed by atoms with Crippen molar-refractivity contribution in [2.24, 2.45) is 7.05 Å². The molecule has 0 aliphatic carbocycles. The van der Waals surface area contributed by atoms with Crippen LogP contribution in [0.2, 0.25) is 0 Å². The van der Waals surface area contributed by atoms with Crippen molar-refractivity contribution in [3.63, 3.8) is 0 Å². The van der Waals surface area contributed by atoms with E-state index in [1.54, 1.807) is 0 Å². The van der Waals surface area contributed by atoms with Gasteiger partial charge in [-0.3, -0.25) is 4.98 Å². The predicted octanol–water partition coefficient (Wildman–Crippen LogP) is 11.9. The number of fused-ring (bicyclic) bond motifs is 4. The van der Waals surface area contributed by atoms with Gasteiger partial charge >= 0.3 is 0 Å². The molecule has 5 aromatic carbocycles. The van der Waals surface area contributed by atoms with Crippen LogP contribution in [0, 0.1) is 20.6 Å². The second-order valence-electron chi connectivity index (χ2n) is 14.0. The summed E-state index contributed by atoms with van der Waals surface area (Å²) in [5.41, 5.74) is 12.1. The molecule has 0 unspecified atom stereocenters. The fraction of sp³-hybridized carbons (Fsp3) is 0.217. The summed E-state index contributed by atoms with van der Waals surface area (Å²) in [4.78, 5) is 4.01. The third-order valence-electron chi connectivity index (χ3n) is 9.99. The van der Waals surface area contributed by atoms with E-state index in [4.69, 9.17) is 12.6 Å². The lowest BCUT2D eigenvalue weighted by Crippen LogP contribution is -2.30. The number of furan rings is 1. The van der Waals surface area contributed by atoms with E-state index in [9.17, 15) is 0 Å². The Balaban J connectivity index is 1.41. The number of rotatable bonds is 6. The van der Waals surface area contributed by atoms with Gasteiger partial charge in [-0.05, 0) is 109 Å². The van der Waals surface area contributed by atoms with Crippen molar-refractivity contribution in [3.8, 4) is 39.3 Å². The van der Waals surface area contributed by atoms with Gasteiger partial charge in [0, 0.05) is 41.5 Å². The maximum Gasteiger partial charge on any atom is 0.299 e. The molecule has 50 heavy (non-hydrogen) atoms. The molecule has 0 aliphatic rings. The summed E-state index contributed by atoms with van der Waals surface area (Å²) in [6.07, 6.45) is 0. The lowest BCUT2D eigenvalue weighted by atomic mass is 9.88. The molecule has 0 bridgehead atoms. The molecule has 3 heterocycles. The molecular formula is C46H44N3O+. The van der Waals surface area contributed by atoms with Gasteiger partial charge in [-0.2, -0.15) is 4.57 Å². The summed E-state index contributed by atoms with van der Waals surface area (Å²) >= 11 is 0. The molecule has 0 fully saturated rings. The quantitative estimate of drug-likeness (QED) is 0.166. The Bertz CT molecular complexity index is 2750. The first-order valence-corrected chi connectivity index (χ1v) is 17.3. The average Bonchev–Trinajstić information content (AvgIpc) is 3.67. The molecule has 4 heteroatoms. The van der Waals surface area contributed by atoms with Crippen molar-refractivity contribution in [2.75, 3.05) is 0 Å². The van der Waals surface area contributed by atoms with Crippen LogP contribution in [0.3, 0.4) is 0 Å². The zero-order chi connectivity index (χ0) is 39.8. The van der Waals surface area contributed by atoms with E-state index in [0.717, 1.165) is 44.3 Å². The molecule has 248 valence electrons. The van der Waals surface area contributed by atoms with Crippen LogP contribution in [-0.2, 0) is 7.05 Å². The monoisotopic (exact) mass is 660 g/mol. The number of benzene rings is 5. The van der Waals surface area contributed by atoms with Gasteiger partial charge in [0.2, 0.25) is 0 Å². The Morgan fingerprint density at radius 1 is 0.680 bits per heavy atom. The summed E-state index contributed by atoms with van der Waals surface area (Å²) in [6, 6.07) is 36.6. The molecule has 3 aromatic heterocycles. The first kappa shape index (κ1) is 25.5. The number of nitrogens with zero attached hydrogens (tertiary/aromatic N) is 3. The Labute approximate surface area is 303 Å². The van der Waals surface area contributed by atoms with Crippen molar-refractivity contribution < 1.29 is 17.2 Å². The summed E-state index contributed by atoms with van der Waals surface area (Å²) < 4.78 is 59.5. The summed E-state index contributed by atoms with van der Waals surface area (Å²) in [5, 5.41) is 1.84. The molecule has 0 spiro atoms. The highest BCUT2D eigenvalue weighted by Crippen LogP contribution is 2.43. The third-order valence-corrected chi connectivity index (χ3v) is 9.99. The molecule has 4 nitrogen and oxygen atoms in total. The summed E-state index contributed by atoms with van der Waals surface area (Å²) in [7, 11) is 2.12. The first-order chi connectivity index (χ1) is 26.5. The Kier molecular flexibility index (Phi) is 6.19. The number of hydrogen-bond acceptors (Lipinski definition) is 2. The minimum atomic E-state index is -2.58. The van der Waals surface area contributed by atoms with E-state index in [0.29, 0.717) is 16.7 Å². The molecule has 0 N–H and O–H groups in total. The Hall–Kier alpha value is -5.48. The van der Waals surface area contributed by atoms with Crippen molar-refractivity contribution in [3.05, 3.63) is 137 Å². The SMILES string of the molecule is [2H]C([2H])([2H])c1cc(-c2ccc3c(c2)oc2c(-c4n(-c5c(C(C)C)cc(-c6ccccc6)cc5C(C)C)c5ccccc5[n+]4C)c(C)ccc23)cc(C([2H])([2H])[2H])n1. The maximum absolute atomic E-state index is 7.99. The van der Waals surface area contributed by atoms with Crippen LogP contribution in [0.15, 0.2) is 114 Å². The van der Waals surface area contributed by atoms with Crippen LogP contribution in [0.4, 0.5) is 0 Å². The van der Waals surface area contributed by atoms with E-state index < -0.39 is 13.7 Å². The van der Waals surface area contributed by atoms with Crippen LogP contribution in [-0.4, -0.2) is 9.55 Å². The van der Waals surface area contributed by atoms with Gasteiger partial charge in [0.1, 0.15) is 16.8 Å². The molecule has 0 amide bonds. The molecule has 0 aliphatic heterocycles. The minimum absolute atomic E-state index is 0.219.